The molecule has 0 radical (unpaired) electrons. The van der Waals surface area contributed by atoms with E-state index in [1.807, 2.05) is 11.0 Å². The molecule has 136 valence electrons. The summed E-state index contributed by atoms with van der Waals surface area (Å²) in [5.74, 6) is -1.31. The maximum atomic E-state index is 13.8. The molecule has 0 spiro atoms. The summed E-state index contributed by atoms with van der Waals surface area (Å²) in [5, 5.41) is 0. The fourth-order valence-electron chi connectivity index (χ4n) is 2.41. The SMILES string of the molecule is COc1cccc(C(CNS(=O)(=O)c2ccc(F)cc2F)N(C)C)c1. The Hall–Kier alpha value is -2.03. The van der Waals surface area contributed by atoms with Crippen molar-refractivity contribution in [2.75, 3.05) is 27.7 Å². The Morgan fingerprint density at radius 2 is 1.88 bits per heavy atom. The van der Waals surface area contributed by atoms with Crippen LogP contribution in [0.5, 0.6) is 5.75 Å². The lowest BCUT2D eigenvalue weighted by molar-refractivity contribution is 0.298. The van der Waals surface area contributed by atoms with Crippen LogP contribution >= 0.6 is 0 Å². The molecule has 0 aliphatic rings. The van der Waals surface area contributed by atoms with E-state index in [1.54, 1.807) is 39.4 Å². The molecule has 0 aliphatic carbocycles. The quantitative estimate of drug-likeness (QED) is 0.814. The highest BCUT2D eigenvalue weighted by atomic mass is 32.2. The summed E-state index contributed by atoms with van der Waals surface area (Å²) in [6.07, 6.45) is 0. The van der Waals surface area contributed by atoms with Crippen molar-refractivity contribution in [3.05, 3.63) is 59.7 Å². The Morgan fingerprint density at radius 1 is 1.16 bits per heavy atom. The van der Waals surface area contributed by atoms with E-state index in [0.717, 1.165) is 17.7 Å². The Labute approximate surface area is 146 Å². The number of hydrogen-bond acceptors (Lipinski definition) is 4. The zero-order chi connectivity index (χ0) is 18.6. The fourth-order valence-corrected chi connectivity index (χ4v) is 3.50. The number of benzene rings is 2. The van der Waals surface area contributed by atoms with Gasteiger partial charge < -0.3 is 9.64 Å². The molecule has 0 saturated heterocycles. The molecule has 0 aromatic heterocycles. The number of hydrogen-bond donors (Lipinski definition) is 1. The Kier molecular flexibility index (Phi) is 6.10. The van der Waals surface area contributed by atoms with Crippen LogP contribution in [0, 0.1) is 11.6 Å². The summed E-state index contributed by atoms with van der Waals surface area (Å²) in [6.45, 7) is 0.0132. The van der Waals surface area contributed by atoms with Crippen molar-refractivity contribution in [1.29, 1.82) is 0 Å². The number of ether oxygens (including phenoxy) is 1. The molecule has 5 nitrogen and oxygen atoms in total. The Morgan fingerprint density at radius 3 is 2.48 bits per heavy atom. The van der Waals surface area contributed by atoms with Gasteiger partial charge in [0, 0.05) is 18.7 Å². The van der Waals surface area contributed by atoms with E-state index in [-0.39, 0.29) is 12.6 Å². The molecule has 1 atom stereocenters. The molecule has 0 heterocycles. The molecule has 2 rings (SSSR count). The van der Waals surface area contributed by atoms with Gasteiger partial charge in [0.1, 0.15) is 22.3 Å². The van der Waals surface area contributed by atoms with Gasteiger partial charge in [-0.25, -0.2) is 21.9 Å². The molecule has 1 N–H and O–H groups in total. The van der Waals surface area contributed by atoms with Crippen LogP contribution in [-0.4, -0.2) is 41.1 Å². The third kappa shape index (κ3) is 4.75. The minimum Gasteiger partial charge on any atom is -0.497 e. The van der Waals surface area contributed by atoms with Crippen molar-refractivity contribution in [1.82, 2.24) is 9.62 Å². The van der Waals surface area contributed by atoms with Gasteiger partial charge in [-0.05, 0) is 43.9 Å². The molecule has 2 aromatic rings. The van der Waals surface area contributed by atoms with Crippen molar-refractivity contribution < 1.29 is 21.9 Å². The van der Waals surface area contributed by atoms with Gasteiger partial charge in [-0.1, -0.05) is 12.1 Å². The van der Waals surface area contributed by atoms with Crippen molar-refractivity contribution in [2.45, 2.75) is 10.9 Å². The van der Waals surface area contributed by atoms with Gasteiger partial charge in [0.2, 0.25) is 10.0 Å². The Balaban J connectivity index is 2.23. The van der Waals surface area contributed by atoms with Crippen molar-refractivity contribution >= 4 is 10.0 Å². The number of sulfonamides is 1. The van der Waals surface area contributed by atoms with E-state index in [4.69, 9.17) is 4.74 Å². The second-order valence-electron chi connectivity index (χ2n) is 5.68. The third-order valence-corrected chi connectivity index (χ3v) is 5.21. The van der Waals surface area contributed by atoms with Crippen LogP contribution in [-0.2, 0) is 10.0 Å². The maximum absolute atomic E-state index is 13.8. The monoisotopic (exact) mass is 370 g/mol. The summed E-state index contributed by atoms with van der Waals surface area (Å²) in [6, 6.07) is 9.30. The molecular weight excluding hydrogens is 350 g/mol. The highest BCUT2D eigenvalue weighted by Gasteiger charge is 2.23. The third-order valence-electron chi connectivity index (χ3n) is 3.75. The predicted octanol–water partition coefficient (Wildman–Crippen LogP) is 2.55. The summed E-state index contributed by atoms with van der Waals surface area (Å²) in [4.78, 5) is 1.25. The lowest BCUT2D eigenvalue weighted by Crippen LogP contribution is -2.34. The number of methoxy groups -OCH3 is 1. The molecule has 0 saturated carbocycles. The molecule has 0 aliphatic heterocycles. The minimum atomic E-state index is -4.11. The van der Waals surface area contributed by atoms with E-state index in [1.165, 1.54) is 0 Å². The second-order valence-corrected chi connectivity index (χ2v) is 7.42. The van der Waals surface area contributed by atoms with Gasteiger partial charge in [0.15, 0.2) is 0 Å². The minimum absolute atomic E-state index is 0.0132. The van der Waals surface area contributed by atoms with E-state index in [9.17, 15) is 17.2 Å². The highest BCUT2D eigenvalue weighted by molar-refractivity contribution is 7.89. The largest absolute Gasteiger partial charge is 0.497 e. The zero-order valence-electron chi connectivity index (χ0n) is 14.2. The van der Waals surface area contributed by atoms with Crippen LogP contribution < -0.4 is 9.46 Å². The molecule has 0 bridgehead atoms. The predicted molar refractivity (Wildman–Crippen MR) is 91.0 cm³/mol. The lowest BCUT2D eigenvalue weighted by Gasteiger charge is -2.25. The van der Waals surface area contributed by atoms with Gasteiger partial charge in [-0.15, -0.1) is 0 Å². The second kappa shape index (κ2) is 7.90. The Bertz CT molecular complexity index is 842. The smallest absolute Gasteiger partial charge is 0.243 e. The summed E-state index contributed by atoms with van der Waals surface area (Å²) < 4.78 is 59.0. The number of likely N-dealkylation sites (N-methyl/N-ethyl adjacent to an activating group) is 1. The highest BCUT2D eigenvalue weighted by Crippen LogP contribution is 2.23. The molecule has 0 fully saturated rings. The standard InChI is InChI=1S/C17H20F2N2O3S/c1-21(2)16(12-5-4-6-14(9-12)24-3)11-20-25(22,23)17-8-7-13(18)10-15(17)19/h4-10,16,20H,11H2,1-3H3. The molecule has 1 unspecified atom stereocenters. The first-order valence-electron chi connectivity index (χ1n) is 7.49. The topological polar surface area (TPSA) is 58.6 Å². The van der Waals surface area contributed by atoms with E-state index < -0.39 is 26.6 Å². The normalized spacial score (nSPS) is 13.0. The van der Waals surface area contributed by atoms with Crippen LogP contribution in [0.3, 0.4) is 0 Å². The van der Waals surface area contributed by atoms with Gasteiger partial charge in [0.25, 0.3) is 0 Å². The van der Waals surface area contributed by atoms with E-state index >= 15 is 0 Å². The number of rotatable bonds is 7. The van der Waals surface area contributed by atoms with Gasteiger partial charge >= 0.3 is 0 Å². The molecule has 2 aromatic carbocycles. The van der Waals surface area contributed by atoms with Gasteiger partial charge in [-0.3, -0.25) is 0 Å². The van der Waals surface area contributed by atoms with Crippen molar-refractivity contribution in [2.24, 2.45) is 0 Å². The summed E-state index contributed by atoms with van der Waals surface area (Å²) >= 11 is 0. The summed E-state index contributed by atoms with van der Waals surface area (Å²) in [7, 11) is 1.04. The number of nitrogens with one attached hydrogen (secondary N) is 1. The molecule has 25 heavy (non-hydrogen) atoms. The average molecular weight is 370 g/mol. The first kappa shape index (κ1) is 19.3. The van der Waals surface area contributed by atoms with Gasteiger partial charge in [-0.2, -0.15) is 0 Å². The molecular formula is C17H20F2N2O3S. The number of halogens is 2. The van der Waals surface area contributed by atoms with E-state index in [0.29, 0.717) is 11.8 Å². The fraction of sp³-hybridized carbons (Fsp3) is 0.294. The van der Waals surface area contributed by atoms with Crippen LogP contribution in [0.15, 0.2) is 47.4 Å². The lowest BCUT2D eigenvalue weighted by atomic mass is 10.1. The maximum Gasteiger partial charge on any atom is 0.243 e. The first-order valence-corrected chi connectivity index (χ1v) is 8.98. The van der Waals surface area contributed by atoms with Gasteiger partial charge in [0.05, 0.1) is 7.11 Å². The zero-order valence-corrected chi connectivity index (χ0v) is 15.0. The number of nitrogens with zero attached hydrogens (tertiary/aromatic N) is 1. The molecule has 0 amide bonds. The average Bonchev–Trinajstić information content (AvgIpc) is 2.54. The van der Waals surface area contributed by atoms with Crippen molar-refractivity contribution in [3.8, 4) is 5.75 Å². The summed E-state index contributed by atoms with van der Waals surface area (Å²) in [5.41, 5.74) is 0.839. The molecule has 8 heteroatoms. The van der Waals surface area contributed by atoms with Crippen LogP contribution in [0.4, 0.5) is 8.78 Å². The van der Waals surface area contributed by atoms with Crippen LogP contribution in [0.25, 0.3) is 0 Å². The first-order chi connectivity index (χ1) is 11.7. The van der Waals surface area contributed by atoms with Crippen LogP contribution in [0.2, 0.25) is 0 Å². The van der Waals surface area contributed by atoms with Crippen LogP contribution in [0.1, 0.15) is 11.6 Å². The van der Waals surface area contributed by atoms with Crippen molar-refractivity contribution in [3.63, 3.8) is 0 Å². The van der Waals surface area contributed by atoms with E-state index in [2.05, 4.69) is 4.72 Å².